The van der Waals surface area contributed by atoms with Crippen molar-refractivity contribution in [1.29, 1.82) is 0 Å². The smallest absolute Gasteiger partial charge is 0.0702 e. The number of nitrogens with zero attached hydrogens (tertiary/aromatic N) is 1. The lowest BCUT2D eigenvalue weighted by atomic mass is 9.71. The summed E-state index contributed by atoms with van der Waals surface area (Å²) in [5.74, 6) is 2.39. The maximum Gasteiger partial charge on any atom is 0.0702 e. The summed E-state index contributed by atoms with van der Waals surface area (Å²) >= 11 is 0. The largest absolute Gasteiger partial charge is 0.256 e. The molecule has 0 amide bonds. The zero-order chi connectivity index (χ0) is 26.1. The summed E-state index contributed by atoms with van der Waals surface area (Å²) in [6, 6.07) is 13.8. The van der Waals surface area contributed by atoms with Crippen LogP contribution in [0, 0.1) is 11.8 Å². The normalized spacial score (nSPS) is 18.5. The van der Waals surface area contributed by atoms with Crippen LogP contribution in [0.1, 0.15) is 140 Å². The number of rotatable bonds is 18. The fraction of sp³-hybridized carbons (Fsp3) is 0.639. The molecule has 1 heteroatoms. The van der Waals surface area contributed by atoms with Gasteiger partial charge in [-0.3, -0.25) is 4.98 Å². The van der Waals surface area contributed by atoms with E-state index in [0.717, 1.165) is 30.4 Å². The van der Waals surface area contributed by atoms with Gasteiger partial charge in [0.1, 0.15) is 0 Å². The van der Waals surface area contributed by atoms with E-state index < -0.39 is 0 Å². The average molecular weight is 502 g/mol. The standard InChI is InChI=1S/C36H55N/c1-4-7-9-10-11-12-13-15-18-31-21-28-36(37-29-31)34-26-24-33(25-27-34)35(16-6-3)32-22-19-30(20-23-32)17-14-8-5-2/h6,21,24-30,32,35H,3-5,7-20,22-23H2,1-2H3/t30-,32-,35?. The summed E-state index contributed by atoms with van der Waals surface area (Å²) in [6.45, 7) is 8.69. The van der Waals surface area contributed by atoms with Crippen LogP contribution in [-0.2, 0) is 6.42 Å². The summed E-state index contributed by atoms with van der Waals surface area (Å²) in [7, 11) is 0. The Balaban J connectivity index is 1.47. The average Bonchev–Trinajstić information content (AvgIpc) is 2.94. The van der Waals surface area contributed by atoms with E-state index in [-0.39, 0.29) is 0 Å². The highest BCUT2D eigenvalue weighted by molar-refractivity contribution is 5.59. The molecule has 37 heavy (non-hydrogen) atoms. The Morgan fingerprint density at radius 3 is 2.05 bits per heavy atom. The molecule has 1 aromatic carbocycles. The number of pyridine rings is 1. The van der Waals surface area contributed by atoms with Gasteiger partial charge in [-0.05, 0) is 67.1 Å². The summed E-state index contributed by atoms with van der Waals surface area (Å²) in [4.78, 5) is 4.82. The maximum absolute atomic E-state index is 4.82. The maximum atomic E-state index is 4.82. The first kappa shape index (κ1) is 29.7. The lowest BCUT2D eigenvalue weighted by Crippen LogP contribution is -2.20. The number of allylic oxidation sites excluding steroid dienone is 1. The highest BCUT2D eigenvalue weighted by Gasteiger charge is 2.27. The minimum atomic E-state index is 0.616. The van der Waals surface area contributed by atoms with Gasteiger partial charge in [-0.25, -0.2) is 0 Å². The molecule has 0 aliphatic heterocycles. The molecule has 1 heterocycles. The van der Waals surface area contributed by atoms with Crippen molar-refractivity contribution in [3.63, 3.8) is 0 Å². The van der Waals surface area contributed by atoms with E-state index in [4.69, 9.17) is 4.98 Å². The van der Waals surface area contributed by atoms with Crippen LogP contribution < -0.4 is 0 Å². The number of unbranched alkanes of at least 4 members (excludes halogenated alkanes) is 9. The number of benzene rings is 1. The summed E-state index contributed by atoms with van der Waals surface area (Å²) in [5, 5.41) is 0. The Kier molecular flexibility index (Phi) is 14.1. The molecule has 1 aliphatic carbocycles. The quantitative estimate of drug-likeness (QED) is 0.146. The lowest BCUT2D eigenvalue weighted by Gasteiger charge is -2.34. The van der Waals surface area contributed by atoms with E-state index in [2.05, 4.69) is 69.1 Å². The minimum Gasteiger partial charge on any atom is -0.256 e. The highest BCUT2D eigenvalue weighted by Crippen LogP contribution is 2.41. The molecule has 1 fully saturated rings. The van der Waals surface area contributed by atoms with Crippen LogP contribution in [0.2, 0.25) is 0 Å². The van der Waals surface area contributed by atoms with Gasteiger partial charge in [-0.15, -0.1) is 6.58 Å². The minimum absolute atomic E-state index is 0.616. The SMILES string of the molecule is C=CCC(c1ccc(-c2ccc(CCCCCCCCCC)cn2)cc1)[C@H]1CC[C@H](CCCCC)CC1. The van der Waals surface area contributed by atoms with Crippen molar-refractivity contribution < 1.29 is 0 Å². The van der Waals surface area contributed by atoms with Gasteiger partial charge in [0.05, 0.1) is 5.69 Å². The number of aryl methyl sites for hydroxylation is 1. The van der Waals surface area contributed by atoms with Crippen molar-refractivity contribution in [3.8, 4) is 11.3 Å². The number of aromatic nitrogens is 1. The first-order chi connectivity index (χ1) is 18.2. The zero-order valence-corrected chi connectivity index (χ0v) is 24.2. The topological polar surface area (TPSA) is 12.9 Å². The third-order valence-corrected chi connectivity index (χ3v) is 8.88. The highest BCUT2D eigenvalue weighted by atomic mass is 14.7. The molecular weight excluding hydrogens is 446 g/mol. The van der Waals surface area contributed by atoms with E-state index in [9.17, 15) is 0 Å². The second-order valence-electron chi connectivity index (χ2n) is 11.8. The molecule has 1 saturated carbocycles. The Morgan fingerprint density at radius 2 is 1.43 bits per heavy atom. The predicted octanol–water partition coefficient (Wildman–Crippen LogP) is 11.5. The Morgan fingerprint density at radius 1 is 0.784 bits per heavy atom. The third-order valence-electron chi connectivity index (χ3n) is 8.88. The van der Waals surface area contributed by atoms with Crippen LogP contribution >= 0.6 is 0 Å². The van der Waals surface area contributed by atoms with Gasteiger partial charge in [0.2, 0.25) is 0 Å². The molecule has 1 aliphatic rings. The van der Waals surface area contributed by atoms with Gasteiger partial charge >= 0.3 is 0 Å². The molecule has 1 atom stereocenters. The van der Waals surface area contributed by atoms with E-state index in [1.54, 1.807) is 0 Å². The van der Waals surface area contributed by atoms with Crippen LogP contribution in [0.15, 0.2) is 55.3 Å². The van der Waals surface area contributed by atoms with Crippen LogP contribution in [0.4, 0.5) is 0 Å². The fourth-order valence-corrected chi connectivity index (χ4v) is 6.45. The number of hydrogen-bond acceptors (Lipinski definition) is 1. The molecular formula is C36H55N. The Bertz CT molecular complexity index is 841. The van der Waals surface area contributed by atoms with Crippen molar-refractivity contribution in [2.75, 3.05) is 0 Å². The van der Waals surface area contributed by atoms with Crippen molar-refractivity contribution in [2.24, 2.45) is 11.8 Å². The van der Waals surface area contributed by atoms with Crippen LogP contribution in [-0.4, -0.2) is 4.98 Å². The fourth-order valence-electron chi connectivity index (χ4n) is 6.45. The van der Waals surface area contributed by atoms with Crippen LogP contribution in [0.3, 0.4) is 0 Å². The molecule has 0 spiro atoms. The van der Waals surface area contributed by atoms with Crippen molar-refractivity contribution in [2.45, 2.75) is 135 Å². The Hall–Kier alpha value is -1.89. The molecule has 204 valence electrons. The Labute approximate surface area is 229 Å². The summed E-state index contributed by atoms with van der Waals surface area (Å²) in [5.41, 5.74) is 5.20. The third kappa shape index (κ3) is 10.4. The van der Waals surface area contributed by atoms with Crippen molar-refractivity contribution in [1.82, 2.24) is 4.98 Å². The van der Waals surface area contributed by atoms with Gasteiger partial charge < -0.3 is 0 Å². The number of hydrogen-bond donors (Lipinski definition) is 0. The first-order valence-electron chi connectivity index (χ1n) is 15.9. The molecule has 1 aromatic heterocycles. The molecule has 1 unspecified atom stereocenters. The van der Waals surface area contributed by atoms with E-state index in [1.165, 1.54) is 119 Å². The van der Waals surface area contributed by atoms with Gasteiger partial charge in [-0.1, -0.05) is 134 Å². The zero-order valence-electron chi connectivity index (χ0n) is 24.2. The molecule has 0 saturated heterocycles. The van der Waals surface area contributed by atoms with Crippen molar-refractivity contribution in [3.05, 3.63) is 66.4 Å². The predicted molar refractivity (Wildman–Crippen MR) is 163 cm³/mol. The second kappa shape index (κ2) is 17.6. The van der Waals surface area contributed by atoms with Gasteiger partial charge in [0.15, 0.2) is 0 Å². The van der Waals surface area contributed by atoms with Gasteiger partial charge in [-0.2, -0.15) is 0 Å². The first-order valence-corrected chi connectivity index (χ1v) is 15.9. The summed E-state index contributed by atoms with van der Waals surface area (Å²) in [6.07, 6.45) is 28.7. The van der Waals surface area contributed by atoms with Gasteiger partial charge in [0.25, 0.3) is 0 Å². The van der Waals surface area contributed by atoms with Crippen LogP contribution in [0.25, 0.3) is 11.3 Å². The monoisotopic (exact) mass is 501 g/mol. The lowest BCUT2D eigenvalue weighted by molar-refractivity contribution is 0.230. The molecule has 3 rings (SSSR count). The molecule has 0 radical (unpaired) electrons. The molecule has 2 aromatic rings. The van der Waals surface area contributed by atoms with E-state index in [0.29, 0.717) is 5.92 Å². The second-order valence-corrected chi connectivity index (χ2v) is 11.8. The van der Waals surface area contributed by atoms with E-state index in [1.807, 2.05) is 0 Å². The van der Waals surface area contributed by atoms with Gasteiger partial charge in [0, 0.05) is 11.8 Å². The van der Waals surface area contributed by atoms with Crippen molar-refractivity contribution >= 4 is 0 Å². The summed E-state index contributed by atoms with van der Waals surface area (Å²) < 4.78 is 0. The van der Waals surface area contributed by atoms with Crippen LogP contribution in [0.5, 0.6) is 0 Å². The van der Waals surface area contributed by atoms with E-state index >= 15 is 0 Å². The molecule has 0 N–H and O–H groups in total. The molecule has 1 nitrogen and oxygen atoms in total. The molecule has 0 bridgehead atoms.